The second-order valence-corrected chi connectivity index (χ2v) is 10.5. The molecule has 0 bridgehead atoms. The maximum absolute atomic E-state index is 11.4. The van der Waals surface area contributed by atoms with E-state index in [9.17, 15) is 8.42 Å². The van der Waals surface area contributed by atoms with Crippen LogP contribution in [0.15, 0.2) is 29.4 Å². The van der Waals surface area contributed by atoms with Gasteiger partial charge in [0.2, 0.25) is 0 Å². The van der Waals surface area contributed by atoms with E-state index in [-0.39, 0.29) is 11.2 Å². The Labute approximate surface area is 169 Å². The third-order valence-electron chi connectivity index (χ3n) is 4.86. The third-order valence-corrected chi connectivity index (χ3v) is 5.80. The minimum absolute atomic E-state index is 0.167. The van der Waals surface area contributed by atoms with E-state index in [2.05, 4.69) is 65.8 Å². The molecule has 1 aromatic carbocycles. The van der Waals surface area contributed by atoms with Gasteiger partial charge in [0, 0.05) is 43.0 Å². The Morgan fingerprint density at radius 1 is 1.25 bits per heavy atom. The minimum atomic E-state index is -2.95. The summed E-state index contributed by atoms with van der Waals surface area (Å²) < 4.78 is 22.8. The first-order chi connectivity index (χ1) is 13.1. The molecule has 7 heteroatoms. The van der Waals surface area contributed by atoms with Crippen LogP contribution in [-0.2, 0) is 16.3 Å². The van der Waals surface area contributed by atoms with Crippen LogP contribution < -0.4 is 10.6 Å². The molecule has 156 valence electrons. The molecule has 0 spiro atoms. The SMILES string of the molecule is CCNC(=NCC(C)(C)CCS(C)(=O)=O)NCCc1c[nH]c2c(C)cccc12. The average molecular weight is 407 g/mol. The summed E-state index contributed by atoms with van der Waals surface area (Å²) in [5.41, 5.74) is 3.57. The van der Waals surface area contributed by atoms with Crippen molar-refractivity contribution >= 4 is 26.7 Å². The number of nitrogens with one attached hydrogen (secondary N) is 3. The molecule has 1 heterocycles. The lowest BCUT2D eigenvalue weighted by molar-refractivity contribution is 0.365. The quantitative estimate of drug-likeness (QED) is 0.441. The molecule has 6 nitrogen and oxygen atoms in total. The van der Waals surface area contributed by atoms with E-state index in [1.807, 2.05) is 6.92 Å². The van der Waals surface area contributed by atoms with Crippen molar-refractivity contribution in [3.8, 4) is 0 Å². The molecule has 2 aromatic rings. The Morgan fingerprint density at radius 3 is 2.68 bits per heavy atom. The third kappa shape index (κ3) is 6.86. The van der Waals surface area contributed by atoms with E-state index in [0.717, 1.165) is 25.5 Å². The fraction of sp³-hybridized carbons (Fsp3) is 0.571. The molecule has 0 aliphatic heterocycles. The highest BCUT2D eigenvalue weighted by Gasteiger charge is 2.20. The Bertz CT molecular complexity index is 914. The fourth-order valence-corrected chi connectivity index (χ4v) is 3.99. The van der Waals surface area contributed by atoms with E-state index in [4.69, 9.17) is 0 Å². The highest BCUT2D eigenvalue weighted by molar-refractivity contribution is 7.90. The number of benzene rings is 1. The van der Waals surface area contributed by atoms with Gasteiger partial charge in [-0.25, -0.2) is 8.42 Å². The zero-order valence-corrected chi connectivity index (χ0v) is 18.5. The number of sulfone groups is 1. The van der Waals surface area contributed by atoms with Gasteiger partial charge < -0.3 is 15.6 Å². The number of fused-ring (bicyclic) bond motifs is 1. The van der Waals surface area contributed by atoms with E-state index >= 15 is 0 Å². The molecular weight excluding hydrogens is 372 g/mol. The topological polar surface area (TPSA) is 86.3 Å². The Balaban J connectivity index is 1.94. The van der Waals surface area contributed by atoms with Crippen LogP contribution in [0.1, 0.15) is 38.3 Å². The molecule has 0 atom stereocenters. The van der Waals surface area contributed by atoms with Gasteiger partial charge in [-0.2, -0.15) is 0 Å². The molecule has 2 rings (SSSR count). The number of H-pyrrole nitrogens is 1. The van der Waals surface area contributed by atoms with Crippen LogP contribution in [-0.4, -0.2) is 51.0 Å². The zero-order chi connectivity index (χ0) is 20.8. The molecule has 0 aliphatic carbocycles. The first-order valence-electron chi connectivity index (χ1n) is 9.87. The highest BCUT2D eigenvalue weighted by atomic mass is 32.2. The van der Waals surface area contributed by atoms with Gasteiger partial charge in [-0.15, -0.1) is 0 Å². The first-order valence-corrected chi connectivity index (χ1v) is 11.9. The maximum atomic E-state index is 11.4. The minimum Gasteiger partial charge on any atom is -0.361 e. The number of hydrogen-bond acceptors (Lipinski definition) is 3. The van der Waals surface area contributed by atoms with Crippen molar-refractivity contribution < 1.29 is 8.42 Å². The van der Waals surface area contributed by atoms with Crippen LogP contribution in [0.5, 0.6) is 0 Å². The molecule has 0 fully saturated rings. The summed E-state index contributed by atoms with van der Waals surface area (Å²) in [5.74, 6) is 0.963. The van der Waals surface area contributed by atoms with Crippen molar-refractivity contribution in [1.29, 1.82) is 0 Å². The molecule has 0 amide bonds. The monoisotopic (exact) mass is 406 g/mol. The van der Waals surface area contributed by atoms with E-state index in [0.29, 0.717) is 13.0 Å². The van der Waals surface area contributed by atoms with Gasteiger partial charge in [0.25, 0.3) is 0 Å². The molecule has 1 aromatic heterocycles. The van der Waals surface area contributed by atoms with Gasteiger partial charge in [0.1, 0.15) is 9.84 Å². The number of nitrogens with zero attached hydrogens (tertiary/aromatic N) is 1. The normalized spacial score (nSPS) is 13.1. The summed E-state index contributed by atoms with van der Waals surface area (Å²) in [5, 5.41) is 7.93. The van der Waals surface area contributed by atoms with Crippen molar-refractivity contribution in [3.63, 3.8) is 0 Å². The summed E-state index contributed by atoms with van der Waals surface area (Å²) in [6, 6.07) is 6.35. The summed E-state index contributed by atoms with van der Waals surface area (Å²) in [6.45, 7) is 10.4. The molecule has 28 heavy (non-hydrogen) atoms. The molecule has 0 unspecified atom stereocenters. The van der Waals surface area contributed by atoms with Crippen LogP contribution in [0.3, 0.4) is 0 Å². The molecule has 0 saturated heterocycles. The summed E-state index contributed by atoms with van der Waals surface area (Å²) in [6.07, 6.45) is 4.86. The van der Waals surface area contributed by atoms with Crippen LogP contribution >= 0.6 is 0 Å². The van der Waals surface area contributed by atoms with Crippen LogP contribution in [0.4, 0.5) is 0 Å². The van der Waals surface area contributed by atoms with Crippen LogP contribution in [0.2, 0.25) is 0 Å². The van der Waals surface area contributed by atoms with Crippen molar-refractivity contribution in [2.45, 2.75) is 40.5 Å². The number of aromatic amines is 1. The number of aryl methyl sites for hydroxylation is 1. The lowest BCUT2D eigenvalue weighted by Gasteiger charge is -2.22. The van der Waals surface area contributed by atoms with Crippen molar-refractivity contribution in [3.05, 3.63) is 35.5 Å². The molecular formula is C21H34N4O2S. The second-order valence-electron chi connectivity index (χ2n) is 8.23. The summed E-state index contributed by atoms with van der Waals surface area (Å²) in [7, 11) is -2.95. The van der Waals surface area contributed by atoms with Crippen molar-refractivity contribution in [1.82, 2.24) is 15.6 Å². The highest BCUT2D eigenvalue weighted by Crippen LogP contribution is 2.22. The Kier molecular flexibility index (Phi) is 7.52. The smallest absolute Gasteiger partial charge is 0.191 e. The van der Waals surface area contributed by atoms with E-state index in [1.165, 1.54) is 28.3 Å². The number of rotatable bonds is 9. The predicted molar refractivity (Wildman–Crippen MR) is 119 cm³/mol. The number of para-hydroxylation sites is 1. The van der Waals surface area contributed by atoms with Gasteiger partial charge in [-0.1, -0.05) is 32.0 Å². The predicted octanol–water partition coefficient (Wildman–Crippen LogP) is 3.03. The van der Waals surface area contributed by atoms with Gasteiger partial charge in [0.05, 0.1) is 5.75 Å². The number of aliphatic imine (C=N–C) groups is 1. The van der Waals surface area contributed by atoms with E-state index < -0.39 is 9.84 Å². The average Bonchev–Trinajstić information content (AvgIpc) is 3.02. The standard InChI is InChI=1S/C21H34N4O2S/c1-6-22-20(25-15-21(3,4)11-13-28(5,26)27)23-12-10-17-14-24-19-16(2)8-7-9-18(17)19/h7-9,14,24H,6,10-13,15H2,1-5H3,(H2,22,23,25). The molecule has 0 aliphatic rings. The number of hydrogen-bond donors (Lipinski definition) is 3. The zero-order valence-electron chi connectivity index (χ0n) is 17.7. The molecule has 0 saturated carbocycles. The first kappa shape index (κ1) is 22.3. The number of aromatic nitrogens is 1. The lowest BCUT2D eigenvalue weighted by atomic mass is 9.90. The second kappa shape index (κ2) is 9.45. The Hall–Kier alpha value is -2.02. The van der Waals surface area contributed by atoms with Crippen LogP contribution in [0.25, 0.3) is 10.9 Å². The summed E-state index contributed by atoms with van der Waals surface area (Å²) >= 11 is 0. The molecule has 3 N–H and O–H groups in total. The fourth-order valence-electron chi connectivity index (χ4n) is 3.06. The van der Waals surface area contributed by atoms with Gasteiger partial charge in [-0.3, -0.25) is 4.99 Å². The lowest BCUT2D eigenvalue weighted by Crippen LogP contribution is -2.39. The van der Waals surface area contributed by atoms with Crippen molar-refractivity contribution in [2.24, 2.45) is 10.4 Å². The maximum Gasteiger partial charge on any atom is 0.191 e. The van der Waals surface area contributed by atoms with Crippen LogP contribution in [0, 0.1) is 12.3 Å². The number of guanidine groups is 1. The largest absolute Gasteiger partial charge is 0.361 e. The van der Waals surface area contributed by atoms with Gasteiger partial charge in [0.15, 0.2) is 5.96 Å². The summed E-state index contributed by atoms with van der Waals surface area (Å²) in [4.78, 5) is 8.04. The molecule has 0 radical (unpaired) electrons. The van der Waals surface area contributed by atoms with Gasteiger partial charge >= 0.3 is 0 Å². The van der Waals surface area contributed by atoms with Crippen molar-refractivity contribution in [2.75, 3.05) is 31.6 Å². The van der Waals surface area contributed by atoms with Gasteiger partial charge in [-0.05, 0) is 43.2 Å². The Morgan fingerprint density at radius 2 is 2.00 bits per heavy atom. The van der Waals surface area contributed by atoms with E-state index in [1.54, 1.807) is 0 Å².